The lowest BCUT2D eigenvalue weighted by molar-refractivity contribution is -0.928. The van der Waals surface area contributed by atoms with Crippen LogP contribution in [0.4, 0.5) is 4.39 Å². The SMILES string of the molecule is C[C@@H]1CCCC[NH+]1CCCNC(=O)c1cc(-c2ccco2)nn1-c1ccc(F)cc1. The van der Waals surface area contributed by atoms with Crippen LogP contribution >= 0.6 is 0 Å². The van der Waals surface area contributed by atoms with Crippen LogP contribution in [-0.4, -0.2) is 41.4 Å². The van der Waals surface area contributed by atoms with Crippen LogP contribution in [0.15, 0.2) is 53.1 Å². The molecule has 0 aliphatic carbocycles. The Kier molecular flexibility index (Phi) is 6.28. The van der Waals surface area contributed by atoms with Crippen molar-refractivity contribution in [2.24, 2.45) is 0 Å². The van der Waals surface area contributed by atoms with Crippen LogP contribution in [0.5, 0.6) is 0 Å². The molecule has 0 bridgehead atoms. The molecule has 1 aliphatic heterocycles. The van der Waals surface area contributed by atoms with Gasteiger partial charge in [0.15, 0.2) is 5.76 Å². The normalized spacial score (nSPS) is 19.0. The number of quaternary nitrogens is 1. The molecule has 2 atom stereocenters. The van der Waals surface area contributed by atoms with E-state index in [1.165, 1.54) is 42.6 Å². The molecule has 1 amide bonds. The quantitative estimate of drug-likeness (QED) is 0.588. The minimum absolute atomic E-state index is 0.202. The molecule has 2 N–H and O–H groups in total. The van der Waals surface area contributed by atoms with Crippen molar-refractivity contribution in [2.45, 2.75) is 38.6 Å². The van der Waals surface area contributed by atoms with Crippen molar-refractivity contribution in [3.05, 3.63) is 60.2 Å². The number of aromatic nitrogens is 2. The minimum atomic E-state index is -0.336. The Morgan fingerprint density at radius 3 is 2.87 bits per heavy atom. The topological polar surface area (TPSA) is 64.5 Å². The van der Waals surface area contributed by atoms with Crippen LogP contribution in [0.25, 0.3) is 17.1 Å². The van der Waals surface area contributed by atoms with Gasteiger partial charge in [0.2, 0.25) is 0 Å². The predicted molar refractivity (Wildman–Crippen MR) is 112 cm³/mol. The third-order valence-corrected chi connectivity index (χ3v) is 5.83. The summed E-state index contributed by atoms with van der Waals surface area (Å²) in [6, 6.07) is 11.9. The number of piperidine rings is 1. The fourth-order valence-corrected chi connectivity index (χ4v) is 4.10. The van der Waals surface area contributed by atoms with Crippen molar-refractivity contribution in [3.63, 3.8) is 0 Å². The molecule has 0 spiro atoms. The summed E-state index contributed by atoms with van der Waals surface area (Å²) in [6.45, 7) is 5.21. The lowest BCUT2D eigenvalue weighted by Crippen LogP contribution is -3.16. The lowest BCUT2D eigenvalue weighted by Gasteiger charge is -2.30. The van der Waals surface area contributed by atoms with Crippen LogP contribution in [-0.2, 0) is 0 Å². The summed E-state index contributed by atoms with van der Waals surface area (Å²) in [5.41, 5.74) is 1.57. The van der Waals surface area contributed by atoms with Crippen molar-refractivity contribution in [2.75, 3.05) is 19.6 Å². The molecule has 4 rings (SSSR count). The van der Waals surface area contributed by atoms with Gasteiger partial charge >= 0.3 is 0 Å². The maximum atomic E-state index is 13.4. The van der Waals surface area contributed by atoms with Crippen molar-refractivity contribution >= 4 is 5.91 Å². The monoisotopic (exact) mass is 411 g/mol. The number of nitrogens with one attached hydrogen (secondary N) is 2. The van der Waals surface area contributed by atoms with Gasteiger partial charge in [-0.25, -0.2) is 9.07 Å². The maximum Gasteiger partial charge on any atom is 0.270 e. The highest BCUT2D eigenvalue weighted by atomic mass is 19.1. The molecule has 3 heterocycles. The predicted octanol–water partition coefficient (Wildman–Crippen LogP) is 2.85. The Labute approximate surface area is 175 Å². The van der Waals surface area contributed by atoms with E-state index in [9.17, 15) is 9.18 Å². The average molecular weight is 412 g/mol. The van der Waals surface area contributed by atoms with E-state index in [0.717, 1.165) is 13.0 Å². The van der Waals surface area contributed by atoms with E-state index in [4.69, 9.17) is 4.42 Å². The number of hydrogen-bond acceptors (Lipinski definition) is 3. The lowest BCUT2D eigenvalue weighted by atomic mass is 10.0. The molecular weight excluding hydrogens is 383 g/mol. The number of halogens is 1. The van der Waals surface area contributed by atoms with Crippen molar-refractivity contribution in [1.82, 2.24) is 15.1 Å². The second-order valence-corrected chi connectivity index (χ2v) is 7.94. The average Bonchev–Trinajstić information content (AvgIpc) is 3.43. The van der Waals surface area contributed by atoms with Crippen LogP contribution in [0.2, 0.25) is 0 Å². The van der Waals surface area contributed by atoms with Crippen LogP contribution in [0, 0.1) is 5.82 Å². The van der Waals surface area contributed by atoms with Gasteiger partial charge in [-0.1, -0.05) is 0 Å². The highest BCUT2D eigenvalue weighted by Crippen LogP contribution is 2.22. The Morgan fingerprint density at radius 2 is 2.13 bits per heavy atom. The standard InChI is InChI=1S/C23H27FN4O2/c1-17-6-2-3-13-27(17)14-5-12-25-23(29)21-16-20(22-7-4-15-30-22)26-28(21)19-10-8-18(24)9-11-19/h4,7-11,15-17H,2-3,5-6,12-14H2,1H3,(H,25,29)/p+1/t17-/m1/s1. The molecule has 0 saturated carbocycles. The third-order valence-electron chi connectivity index (χ3n) is 5.83. The van der Waals surface area contributed by atoms with Crippen LogP contribution in [0.3, 0.4) is 0 Å². The molecule has 1 aliphatic rings. The molecule has 0 radical (unpaired) electrons. The molecule has 1 unspecified atom stereocenters. The van der Waals surface area contributed by atoms with Crippen molar-refractivity contribution in [3.8, 4) is 17.1 Å². The zero-order chi connectivity index (χ0) is 20.9. The van der Waals surface area contributed by atoms with Gasteiger partial charge in [-0.15, -0.1) is 0 Å². The van der Waals surface area contributed by atoms with Crippen LogP contribution in [0.1, 0.15) is 43.1 Å². The number of nitrogens with zero attached hydrogens (tertiary/aromatic N) is 2. The molecule has 3 aromatic rings. The smallest absolute Gasteiger partial charge is 0.270 e. The molecule has 6 nitrogen and oxygen atoms in total. The summed E-state index contributed by atoms with van der Waals surface area (Å²) < 4.78 is 20.3. The third kappa shape index (κ3) is 4.62. The fourth-order valence-electron chi connectivity index (χ4n) is 4.10. The zero-order valence-electron chi connectivity index (χ0n) is 17.2. The van der Waals surface area contributed by atoms with Gasteiger partial charge in [0.25, 0.3) is 5.91 Å². The first-order valence-electron chi connectivity index (χ1n) is 10.6. The summed E-state index contributed by atoms with van der Waals surface area (Å²) in [4.78, 5) is 14.6. The van der Waals surface area contributed by atoms with E-state index in [0.29, 0.717) is 35.4 Å². The first-order valence-corrected chi connectivity index (χ1v) is 10.6. The van der Waals surface area contributed by atoms with E-state index in [1.54, 1.807) is 41.5 Å². The molecule has 2 aromatic heterocycles. The summed E-state index contributed by atoms with van der Waals surface area (Å²) in [6.07, 6.45) is 6.40. The largest absolute Gasteiger partial charge is 0.463 e. The Morgan fingerprint density at radius 1 is 1.30 bits per heavy atom. The summed E-state index contributed by atoms with van der Waals surface area (Å²) in [5.74, 6) is 0.0385. The maximum absolute atomic E-state index is 13.4. The Balaban J connectivity index is 1.46. The molecule has 1 saturated heterocycles. The molecule has 1 fully saturated rings. The number of rotatable bonds is 7. The van der Waals surface area contributed by atoms with E-state index >= 15 is 0 Å². The summed E-state index contributed by atoms with van der Waals surface area (Å²) >= 11 is 0. The first-order chi connectivity index (χ1) is 14.6. The number of hydrogen-bond donors (Lipinski definition) is 2. The number of amides is 1. The van der Waals surface area contributed by atoms with Gasteiger partial charge in [0, 0.05) is 19.0 Å². The second-order valence-electron chi connectivity index (χ2n) is 7.94. The van der Waals surface area contributed by atoms with Crippen molar-refractivity contribution in [1.29, 1.82) is 0 Å². The summed E-state index contributed by atoms with van der Waals surface area (Å²) in [7, 11) is 0. The molecule has 1 aromatic carbocycles. The van der Waals surface area contributed by atoms with E-state index in [-0.39, 0.29) is 11.7 Å². The highest BCUT2D eigenvalue weighted by molar-refractivity contribution is 5.94. The van der Waals surface area contributed by atoms with Gasteiger partial charge in [0.1, 0.15) is 17.2 Å². The van der Waals surface area contributed by atoms with E-state index in [1.807, 2.05) is 0 Å². The molecule has 7 heteroatoms. The zero-order valence-corrected chi connectivity index (χ0v) is 17.2. The number of carbonyl (C=O) groups is 1. The number of benzene rings is 1. The van der Waals surface area contributed by atoms with Gasteiger partial charge in [-0.2, -0.15) is 5.10 Å². The van der Waals surface area contributed by atoms with Gasteiger partial charge in [0.05, 0.1) is 31.1 Å². The van der Waals surface area contributed by atoms with Crippen LogP contribution < -0.4 is 10.2 Å². The van der Waals surface area contributed by atoms with Gasteiger partial charge in [-0.05, 0) is 62.6 Å². The Hall–Kier alpha value is -2.93. The van der Waals surface area contributed by atoms with E-state index < -0.39 is 0 Å². The molecule has 158 valence electrons. The van der Waals surface area contributed by atoms with E-state index in [2.05, 4.69) is 17.3 Å². The Bertz CT molecular complexity index is 966. The minimum Gasteiger partial charge on any atom is -0.463 e. The highest BCUT2D eigenvalue weighted by Gasteiger charge is 2.22. The number of likely N-dealkylation sites (tertiary alicyclic amines) is 1. The molecular formula is C23H28FN4O2+. The first kappa shape index (κ1) is 20.3. The fraction of sp³-hybridized carbons (Fsp3) is 0.391. The number of carbonyl (C=O) groups excluding carboxylic acids is 1. The van der Waals surface area contributed by atoms with Crippen molar-refractivity contribution < 1.29 is 18.5 Å². The summed E-state index contributed by atoms with van der Waals surface area (Å²) in [5, 5.41) is 7.54. The number of furan rings is 1. The molecule has 30 heavy (non-hydrogen) atoms. The van der Waals surface area contributed by atoms with Gasteiger partial charge in [-0.3, -0.25) is 4.79 Å². The van der Waals surface area contributed by atoms with Gasteiger partial charge < -0.3 is 14.6 Å². The second kappa shape index (κ2) is 9.26.